The molecule has 1 aromatic rings. The number of benzene rings is 1. The molecule has 0 aromatic heterocycles. The van der Waals surface area contributed by atoms with Crippen LogP contribution in [0.3, 0.4) is 0 Å². The zero-order chi connectivity index (χ0) is 10.0. The first-order chi connectivity index (χ1) is 6.07. The Labute approximate surface area is 83.3 Å². The molecule has 70 valence electrons. The number of halogens is 4. The predicted molar refractivity (Wildman–Crippen MR) is 46.4 cm³/mol. The van der Waals surface area contributed by atoms with Gasteiger partial charge in [-0.05, 0) is 12.1 Å². The number of hydrogen-bond donors (Lipinski definition) is 0. The minimum absolute atomic E-state index is 0.430. The monoisotopic (exact) mass is 224 g/mol. The summed E-state index contributed by atoms with van der Waals surface area (Å²) < 4.78 is 25.7. The first kappa shape index (κ1) is 10.4. The fraction of sp³-hybridized carbons (Fsp3) is 0.125. The van der Waals surface area contributed by atoms with E-state index < -0.39 is 33.9 Å². The van der Waals surface area contributed by atoms with E-state index in [-0.39, 0.29) is 0 Å². The largest absolute Gasteiger partial charge is 0.293 e. The van der Waals surface area contributed by atoms with Gasteiger partial charge in [-0.15, -0.1) is 11.6 Å². The molecule has 0 heterocycles. The Hall–Kier alpha value is -0.670. The SMILES string of the molecule is O=C(CCl)c1c(F)ccc(F)c1Cl. The summed E-state index contributed by atoms with van der Waals surface area (Å²) in [6.45, 7) is 0. The lowest BCUT2D eigenvalue weighted by atomic mass is 10.1. The molecule has 0 atom stereocenters. The van der Waals surface area contributed by atoms with Crippen LogP contribution in [0, 0.1) is 11.6 Å². The molecule has 1 nitrogen and oxygen atoms in total. The van der Waals surface area contributed by atoms with Crippen molar-refractivity contribution in [2.75, 3.05) is 5.88 Å². The van der Waals surface area contributed by atoms with Crippen molar-refractivity contribution in [1.82, 2.24) is 0 Å². The number of carbonyl (C=O) groups excluding carboxylic acids is 1. The second-order valence-corrected chi connectivity index (χ2v) is 2.92. The third-order valence-corrected chi connectivity index (χ3v) is 2.06. The Morgan fingerprint density at radius 1 is 1.31 bits per heavy atom. The fourth-order valence-electron chi connectivity index (χ4n) is 0.849. The Bertz CT molecular complexity index is 352. The summed E-state index contributed by atoms with van der Waals surface area (Å²) in [5.74, 6) is -2.86. The number of ketones is 1. The smallest absolute Gasteiger partial charge is 0.182 e. The molecule has 1 aromatic carbocycles. The minimum Gasteiger partial charge on any atom is -0.293 e. The topological polar surface area (TPSA) is 17.1 Å². The van der Waals surface area contributed by atoms with E-state index in [9.17, 15) is 13.6 Å². The van der Waals surface area contributed by atoms with Gasteiger partial charge >= 0.3 is 0 Å². The zero-order valence-electron chi connectivity index (χ0n) is 6.28. The molecule has 0 spiro atoms. The maximum absolute atomic E-state index is 12.9. The van der Waals surface area contributed by atoms with Crippen molar-refractivity contribution in [3.63, 3.8) is 0 Å². The molecule has 0 bridgehead atoms. The number of carbonyl (C=O) groups is 1. The van der Waals surface area contributed by atoms with Crippen molar-refractivity contribution in [3.05, 3.63) is 34.4 Å². The fourth-order valence-corrected chi connectivity index (χ4v) is 1.24. The van der Waals surface area contributed by atoms with Gasteiger partial charge in [-0.2, -0.15) is 0 Å². The molecule has 13 heavy (non-hydrogen) atoms. The van der Waals surface area contributed by atoms with E-state index in [2.05, 4.69) is 0 Å². The molecule has 0 fully saturated rings. The van der Waals surface area contributed by atoms with Crippen LogP contribution < -0.4 is 0 Å². The van der Waals surface area contributed by atoms with E-state index in [1.165, 1.54) is 0 Å². The molecule has 5 heteroatoms. The van der Waals surface area contributed by atoms with Gasteiger partial charge in [0, 0.05) is 0 Å². The maximum Gasteiger partial charge on any atom is 0.182 e. The van der Waals surface area contributed by atoms with Gasteiger partial charge in [0.05, 0.1) is 16.5 Å². The second kappa shape index (κ2) is 4.03. The summed E-state index contributed by atoms with van der Waals surface area (Å²) in [7, 11) is 0. The molecule has 0 saturated heterocycles. The molecule has 0 saturated carbocycles. The van der Waals surface area contributed by atoms with Crippen molar-refractivity contribution in [2.24, 2.45) is 0 Å². The molecule has 1 rings (SSSR count). The summed E-state index contributed by atoms with van der Waals surface area (Å²) in [5, 5.41) is -0.523. The van der Waals surface area contributed by atoms with Gasteiger partial charge in [0.2, 0.25) is 0 Å². The highest BCUT2D eigenvalue weighted by Crippen LogP contribution is 2.23. The van der Waals surface area contributed by atoms with Gasteiger partial charge in [-0.3, -0.25) is 4.79 Å². The van der Waals surface area contributed by atoms with E-state index in [1.807, 2.05) is 0 Å². The lowest BCUT2D eigenvalue weighted by molar-refractivity contribution is 0.101. The zero-order valence-corrected chi connectivity index (χ0v) is 7.79. The minimum atomic E-state index is -0.864. The molecule has 0 amide bonds. The van der Waals surface area contributed by atoms with Crippen LogP contribution in [-0.4, -0.2) is 11.7 Å². The molecule has 0 N–H and O–H groups in total. The first-order valence-electron chi connectivity index (χ1n) is 3.30. The summed E-state index contributed by atoms with van der Waals surface area (Å²) in [5.41, 5.74) is -0.489. The molecule has 0 aliphatic heterocycles. The quantitative estimate of drug-likeness (QED) is 0.429. The number of Topliss-reactive ketones (excluding diaryl/α,β-unsaturated/α-hetero) is 1. The second-order valence-electron chi connectivity index (χ2n) is 2.27. The number of rotatable bonds is 2. The van der Waals surface area contributed by atoms with Gasteiger partial charge in [-0.25, -0.2) is 8.78 Å². The van der Waals surface area contributed by atoms with Gasteiger partial charge in [0.1, 0.15) is 11.6 Å². The summed E-state index contributed by atoms with van der Waals surface area (Å²) >= 11 is 10.6. The van der Waals surface area contributed by atoms with Crippen molar-refractivity contribution in [1.29, 1.82) is 0 Å². The van der Waals surface area contributed by atoms with E-state index in [4.69, 9.17) is 23.2 Å². The van der Waals surface area contributed by atoms with Gasteiger partial charge < -0.3 is 0 Å². The standard InChI is InChI=1S/C8H4Cl2F2O/c9-3-6(13)7-4(11)1-2-5(12)8(7)10/h1-2H,3H2. The van der Waals surface area contributed by atoms with Crippen LogP contribution in [0.4, 0.5) is 8.78 Å². The van der Waals surface area contributed by atoms with Crippen LogP contribution in [0.5, 0.6) is 0 Å². The highest BCUT2D eigenvalue weighted by molar-refractivity contribution is 6.37. The van der Waals surface area contributed by atoms with Gasteiger partial charge in [-0.1, -0.05) is 11.6 Å². The summed E-state index contributed by atoms with van der Waals surface area (Å²) in [6.07, 6.45) is 0. The predicted octanol–water partition coefficient (Wildman–Crippen LogP) is 3.04. The average molecular weight is 225 g/mol. The third kappa shape index (κ3) is 1.98. The molecular formula is C8H4Cl2F2O. The number of hydrogen-bond acceptors (Lipinski definition) is 1. The van der Waals surface area contributed by atoms with Crippen LogP contribution in [0.2, 0.25) is 5.02 Å². The molecule has 0 radical (unpaired) electrons. The first-order valence-corrected chi connectivity index (χ1v) is 4.22. The van der Waals surface area contributed by atoms with Crippen molar-refractivity contribution >= 4 is 29.0 Å². The molecule has 0 aliphatic rings. The van der Waals surface area contributed by atoms with E-state index in [0.29, 0.717) is 0 Å². The van der Waals surface area contributed by atoms with Crippen molar-refractivity contribution < 1.29 is 13.6 Å². The molecular weight excluding hydrogens is 221 g/mol. The highest BCUT2D eigenvalue weighted by Gasteiger charge is 2.17. The van der Waals surface area contributed by atoms with E-state index in [1.54, 1.807) is 0 Å². The lowest BCUT2D eigenvalue weighted by Crippen LogP contribution is -2.05. The lowest BCUT2D eigenvalue weighted by Gasteiger charge is -2.02. The van der Waals surface area contributed by atoms with Crippen molar-refractivity contribution in [2.45, 2.75) is 0 Å². The average Bonchev–Trinajstić information content (AvgIpc) is 2.12. The normalized spacial score (nSPS) is 10.2. The summed E-state index contributed by atoms with van der Waals surface area (Å²) in [6, 6.07) is 1.68. The van der Waals surface area contributed by atoms with Gasteiger partial charge in [0.15, 0.2) is 5.78 Å². The van der Waals surface area contributed by atoms with Crippen LogP contribution >= 0.6 is 23.2 Å². The third-order valence-electron chi connectivity index (χ3n) is 1.44. The number of alkyl halides is 1. The Kier molecular flexibility index (Phi) is 3.22. The highest BCUT2D eigenvalue weighted by atomic mass is 35.5. The Morgan fingerprint density at radius 3 is 2.38 bits per heavy atom. The Balaban J connectivity index is 3.33. The van der Waals surface area contributed by atoms with Crippen LogP contribution in [0.1, 0.15) is 10.4 Å². The van der Waals surface area contributed by atoms with Crippen LogP contribution in [-0.2, 0) is 0 Å². The van der Waals surface area contributed by atoms with Gasteiger partial charge in [0.25, 0.3) is 0 Å². The molecule has 0 aliphatic carbocycles. The van der Waals surface area contributed by atoms with E-state index in [0.717, 1.165) is 12.1 Å². The Morgan fingerprint density at radius 2 is 1.85 bits per heavy atom. The van der Waals surface area contributed by atoms with Crippen LogP contribution in [0.15, 0.2) is 12.1 Å². The maximum atomic E-state index is 12.9. The summed E-state index contributed by atoms with van der Waals surface area (Å²) in [4.78, 5) is 11.0. The molecule has 0 unspecified atom stereocenters. The van der Waals surface area contributed by atoms with E-state index >= 15 is 0 Å². The van der Waals surface area contributed by atoms with Crippen molar-refractivity contribution in [3.8, 4) is 0 Å². The van der Waals surface area contributed by atoms with Crippen LogP contribution in [0.25, 0.3) is 0 Å².